The minimum atomic E-state index is -0.675. The van der Waals surface area contributed by atoms with E-state index < -0.39 is 6.10 Å². The lowest BCUT2D eigenvalue weighted by molar-refractivity contribution is 0.159. The summed E-state index contributed by atoms with van der Waals surface area (Å²) in [5.41, 5.74) is 7.08. The molecule has 2 nitrogen and oxygen atoms in total. The second-order valence-corrected chi connectivity index (χ2v) is 3.73. The smallest absolute Gasteiger partial charge is 0.123 e. The van der Waals surface area contributed by atoms with Crippen LogP contribution in [0.25, 0.3) is 0 Å². The van der Waals surface area contributed by atoms with E-state index in [1.54, 1.807) is 6.07 Å². The number of hydrogen-bond acceptors (Lipinski definition) is 2. The van der Waals surface area contributed by atoms with Crippen LogP contribution < -0.4 is 5.73 Å². The summed E-state index contributed by atoms with van der Waals surface area (Å²) in [4.78, 5) is 0. The number of nitrogens with two attached hydrogens (primary N) is 1. The van der Waals surface area contributed by atoms with Crippen LogP contribution in [0.5, 0.6) is 0 Å². The van der Waals surface area contributed by atoms with Gasteiger partial charge in [0.15, 0.2) is 0 Å². The maximum absolute atomic E-state index is 12.9. The third kappa shape index (κ3) is 2.79. The van der Waals surface area contributed by atoms with Crippen molar-refractivity contribution in [3.05, 3.63) is 35.1 Å². The molecule has 0 aromatic heterocycles. The molecule has 0 heterocycles. The molecule has 0 bridgehead atoms. The highest BCUT2D eigenvalue weighted by atomic mass is 19.1. The first-order valence-electron chi connectivity index (χ1n) is 4.70. The molecule has 2 unspecified atom stereocenters. The van der Waals surface area contributed by atoms with Gasteiger partial charge in [0, 0.05) is 6.04 Å². The van der Waals surface area contributed by atoms with Crippen LogP contribution >= 0.6 is 0 Å². The Bertz CT molecular complexity index is 312. The van der Waals surface area contributed by atoms with Crippen LogP contribution in [0.4, 0.5) is 4.39 Å². The molecule has 0 fully saturated rings. The Morgan fingerprint density at radius 3 is 2.71 bits per heavy atom. The zero-order chi connectivity index (χ0) is 10.7. The minimum absolute atomic E-state index is 0.0901. The number of hydrogen-bond donors (Lipinski definition) is 2. The van der Waals surface area contributed by atoms with E-state index in [9.17, 15) is 9.50 Å². The highest BCUT2D eigenvalue weighted by Crippen LogP contribution is 2.22. The fraction of sp³-hybridized carbons (Fsp3) is 0.455. The molecule has 0 aliphatic rings. The van der Waals surface area contributed by atoms with E-state index in [2.05, 4.69) is 0 Å². The Labute approximate surface area is 83.6 Å². The molecule has 0 radical (unpaired) electrons. The molecule has 0 spiro atoms. The summed E-state index contributed by atoms with van der Waals surface area (Å²) in [5.74, 6) is -0.325. The van der Waals surface area contributed by atoms with E-state index in [0.717, 1.165) is 5.56 Å². The lowest BCUT2D eigenvalue weighted by Crippen LogP contribution is -2.19. The SMILES string of the molecule is Cc1ccc(F)cc1C(O)CC(C)N. The van der Waals surface area contributed by atoms with Gasteiger partial charge in [-0.1, -0.05) is 6.07 Å². The summed E-state index contributed by atoms with van der Waals surface area (Å²) in [5, 5.41) is 9.75. The molecule has 0 aliphatic carbocycles. The summed E-state index contributed by atoms with van der Waals surface area (Å²) in [6.45, 7) is 3.66. The molecular formula is C11H16FNO. The topological polar surface area (TPSA) is 46.2 Å². The third-order valence-corrected chi connectivity index (χ3v) is 2.20. The Morgan fingerprint density at radius 2 is 2.14 bits per heavy atom. The molecule has 3 N–H and O–H groups in total. The van der Waals surface area contributed by atoms with Crippen LogP contribution in [-0.4, -0.2) is 11.1 Å². The summed E-state index contributed by atoms with van der Waals surface area (Å²) in [7, 11) is 0. The van der Waals surface area contributed by atoms with Gasteiger partial charge in [-0.2, -0.15) is 0 Å². The van der Waals surface area contributed by atoms with Crippen molar-refractivity contribution >= 4 is 0 Å². The van der Waals surface area contributed by atoms with E-state index >= 15 is 0 Å². The molecule has 1 aromatic carbocycles. The second-order valence-electron chi connectivity index (χ2n) is 3.73. The fourth-order valence-corrected chi connectivity index (χ4v) is 1.45. The van der Waals surface area contributed by atoms with Crippen molar-refractivity contribution < 1.29 is 9.50 Å². The monoisotopic (exact) mass is 197 g/mol. The largest absolute Gasteiger partial charge is 0.388 e. The predicted molar refractivity (Wildman–Crippen MR) is 54.4 cm³/mol. The van der Waals surface area contributed by atoms with Gasteiger partial charge in [-0.3, -0.25) is 0 Å². The standard InChI is InChI=1S/C11H16FNO/c1-7-3-4-9(12)6-10(7)11(14)5-8(2)13/h3-4,6,8,11,14H,5,13H2,1-2H3. The van der Waals surface area contributed by atoms with Gasteiger partial charge < -0.3 is 10.8 Å². The number of aliphatic hydroxyl groups is 1. The Hall–Kier alpha value is -0.930. The average Bonchev–Trinajstić information content (AvgIpc) is 2.08. The predicted octanol–water partition coefficient (Wildman–Crippen LogP) is 1.90. The normalized spacial score (nSPS) is 15.2. The van der Waals surface area contributed by atoms with Crippen LogP contribution in [0.2, 0.25) is 0 Å². The summed E-state index contributed by atoms with van der Waals surface area (Å²) in [6.07, 6.45) is -0.227. The van der Waals surface area contributed by atoms with Gasteiger partial charge >= 0.3 is 0 Å². The van der Waals surface area contributed by atoms with Crippen molar-refractivity contribution in [3.63, 3.8) is 0 Å². The van der Waals surface area contributed by atoms with E-state index in [1.807, 2.05) is 13.8 Å². The van der Waals surface area contributed by atoms with E-state index in [-0.39, 0.29) is 11.9 Å². The molecule has 0 aliphatic heterocycles. The highest BCUT2D eigenvalue weighted by molar-refractivity contribution is 5.28. The molecule has 14 heavy (non-hydrogen) atoms. The van der Waals surface area contributed by atoms with Crippen LogP contribution in [0.3, 0.4) is 0 Å². The van der Waals surface area contributed by atoms with Gasteiger partial charge in [-0.25, -0.2) is 4.39 Å². The summed E-state index contributed by atoms with van der Waals surface area (Å²) >= 11 is 0. The lowest BCUT2D eigenvalue weighted by Gasteiger charge is -2.15. The van der Waals surface area contributed by atoms with E-state index in [1.165, 1.54) is 12.1 Å². The van der Waals surface area contributed by atoms with Gasteiger partial charge in [-0.05, 0) is 43.5 Å². The van der Waals surface area contributed by atoms with Gasteiger partial charge in [0.25, 0.3) is 0 Å². The quantitative estimate of drug-likeness (QED) is 0.777. The Kier molecular flexibility index (Phi) is 3.61. The highest BCUT2D eigenvalue weighted by Gasteiger charge is 2.12. The molecule has 1 aromatic rings. The molecule has 0 saturated carbocycles. The Balaban J connectivity index is 2.88. The average molecular weight is 197 g/mol. The molecular weight excluding hydrogens is 181 g/mol. The Morgan fingerprint density at radius 1 is 1.50 bits per heavy atom. The number of halogens is 1. The van der Waals surface area contributed by atoms with Crippen molar-refractivity contribution in [2.24, 2.45) is 5.73 Å². The number of rotatable bonds is 3. The van der Waals surface area contributed by atoms with Crippen molar-refractivity contribution in [1.82, 2.24) is 0 Å². The molecule has 0 amide bonds. The van der Waals surface area contributed by atoms with Gasteiger partial charge in [0.2, 0.25) is 0 Å². The molecule has 3 heteroatoms. The zero-order valence-corrected chi connectivity index (χ0v) is 8.50. The summed E-state index contributed by atoms with van der Waals surface area (Å²) in [6, 6.07) is 4.32. The van der Waals surface area contributed by atoms with Crippen LogP contribution in [0.15, 0.2) is 18.2 Å². The maximum atomic E-state index is 12.9. The second kappa shape index (κ2) is 4.53. The van der Waals surface area contributed by atoms with Crippen molar-refractivity contribution in [2.75, 3.05) is 0 Å². The lowest BCUT2D eigenvalue weighted by atomic mass is 9.99. The first-order chi connectivity index (χ1) is 6.50. The fourth-order valence-electron chi connectivity index (χ4n) is 1.45. The molecule has 0 saturated heterocycles. The number of aryl methyl sites for hydroxylation is 1. The molecule has 1 rings (SSSR count). The van der Waals surface area contributed by atoms with Gasteiger partial charge in [-0.15, -0.1) is 0 Å². The summed E-state index contributed by atoms with van der Waals surface area (Å²) < 4.78 is 12.9. The van der Waals surface area contributed by atoms with Crippen LogP contribution in [0.1, 0.15) is 30.6 Å². The van der Waals surface area contributed by atoms with E-state index in [0.29, 0.717) is 12.0 Å². The first kappa shape index (κ1) is 11.1. The van der Waals surface area contributed by atoms with Gasteiger partial charge in [0.1, 0.15) is 5.82 Å². The van der Waals surface area contributed by atoms with Crippen LogP contribution in [0, 0.1) is 12.7 Å². The molecule has 78 valence electrons. The van der Waals surface area contributed by atoms with E-state index in [4.69, 9.17) is 5.73 Å². The molecule has 2 atom stereocenters. The van der Waals surface area contributed by atoms with Crippen LogP contribution in [-0.2, 0) is 0 Å². The first-order valence-corrected chi connectivity index (χ1v) is 4.70. The van der Waals surface area contributed by atoms with Gasteiger partial charge in [0.05, 0.1) is 6.10 Å². The third-order valence-electron chi connectivity index (χ3n) is 2.20. The maximum Gasteiger partial charge on any atom is 0.123 e. The van der Waals surface area contributed by atoms with Crippen molar-refractivity contribution in [3.8, 4) is 0 Å². The minimum Gasteiger partial charge on any atom is -0.388 e. The number of benzene rings is 1. The van der Waals surface area contributed by atoms with Crippen molar-refractivity contribution in [1.29, 1.82) is 0 Å². The zero-order valence-electron chi connectivity index (χ0n) is 8.50. The van der Waals surface area contributed by atoms with Crippen molar-refractivity contribution in [2.45, 2.75) is 32.4 Å². The number of aliphatic hydroxyl groups excluding tert-OH is 1.